The van der Waals surface area contributed by atoms with Gasteiger partial charge in [-0.15, -0.1) is 0 Å². The molecule has 1 amide bonds. The van der Waals surface area contributed by atoms with Crippen molar-refractivity contribution in [2.45, 2.75) is 52.6 Å². The van der Waals surface area contributed by atoms with E-state index < -0.39 is 5.97 Å². The first-order valence-electron chi connectivity index (χ1n) is 9.47. The highest BCUT2D eigenvalue weighted by molar-refractivity contribution is 6.01. The summed E-state index contributed by atoms with van der Waals surface area (Å²) < 4.78 is 4.87. The highest BCUT2D eigenvalue weighted by atomic mass is 16.5. The van der Waals surface area contributed by atoms with Crippen molar-refractivity contribution >= 4 is 17.7 Å². The average molecular weight is 382 g/mol. The fraction of sp³-hybridized carbons (Fsp3) is 0.409. The summed E-state index contributed by atoms with van der Waals surface area (Å²) in [6.07, 6.45) is 2.01. The molecule has 0 atom stereocenters. The Kier molecular flexibility index (Phi) is 5.68. The highest BCUT2D eigenvalue weighted by Gasteiger charge is 2.34. The maximum Gasteiger partial charge on any atom is 0.339 e. The zero-order chi connectivity index (χ0) is 20.4. The number of hydrogen-bond donors (Lipinski definition) is 1. The van der Waals surface area contributed by atoms with Crippen LogP contribution in [-0.4, -0.2) is 40.7 Å². The summed E-state index contributed by atoms with van der Waals surface area (Å²) in [5, 5.41) is 0. The molecular weight excluding hydrogens is 356 g/mol. The van der Waals surface area contributed by atoms with Crippen LogP contribution < -0.4 is 0 Å². The molecule has 1 aliphatic rings. The molecule has 1 N–H and O–H groups in total. The van der Waals surface area contributed by atoms with Crippen molar-refractivity contribution < 1.29 is 19.1 Å². The molecule has 6 heteroatoms. The number of amides is 1. The number of methoxy groups -OCH3 is 1. The molecule has 28 heavy (non-hydrogen) atoms. The number of rotatable bonds is 7. The molecule has 1 aromatic heterocycles. The smallest absolute Gasteiger partial charge is 0.339 e. The SMILES string of the molecule is COC(=O)c1c(CC(=O)N(Cc2cccc(C)c2)C2CC2)[nH]c(C(C)=O)c1C. The van der Waals surface area contributed by atoms with E-state index in [1.165, 1.54) is 14.0 Å². The third-order valence-electron chi connectivity index (χ3n) is 5.14. The van der Waals surface area contributed by atoms with Gasteiger partial charge in [-0.3, -0.25) is 9.59 Å². The summed E-state index contributed by atoms with van der Waals surface area (Å²) in [7, 11) is 1.29. The van der Waals surface area contributed by atoms with Crippen LogP contribution in [-0.2, 0) is 22.5 Å². The standard InChI is InChI=1S/C22H26N2O4/c1-13-6-5-7-16(10-13)12-24(17-8-9-17)19(26)11-18-20(22(27)28-4)14(2)21(23-18)15(3)25/h5-7,10,17,23H,8-9,11-12H2,1-4H3. The zero-order valence-electron chi connectivity index (χ0n) is 16.8. The number of carbonyl (C=O) groups excluding carboxylic acids is 3. The van der Waals surface area contributed by atoms with Gasteiger partial charge in [-0.25, -0.2) is 4.79 Å². The summed E-state index contributed by atoms with van der Waals surface area (Å²) in [4.78, 5) is 42.1. The molecule has 0 unspecified atom stereocenters. The van der Waals surface area contributed by atoms with Gasteiger partial charge in [0.15, 0.2) is 5.78 Å². The van der Waals surface area contributed by atoms with Crippen LogP contribution in [0.4, 0.5) is 0 Å². The Morgan fingerprint density at radius 3 is 2.50 bits per heavy atom. The van der Waals surface area contributed by atoms with Crippen LogP contribution in [0.5, 0.6) is 0 Å². The van der Waals surface area contributed by atoms with Gasteiger partial charge in [-0.2, -0.15) is 0 Å². The van der Waals surface area contributed by atoms with Crippen LogP contribution in [0.25, 0.3) is 0 Å². The lowest BCUT2D eigenvalue weighted by atomic mass is 10.1. The van der Waals surface area contributed by atoms with Crippen LogP contribution in [0, 0.1) is 13.8 Å². The van der Waals surface area contributed by atoms with Crippen molar-refractivity contribution in [2.24, 2.45) is 0 Å². The molecule has 1 aliphatic carbocycles. The van der Waals surface area contributed by atoms with Gasteiger partial charge in [0.05, 0.1) is 24.8 Å². The second-order valence-electron chi connectivity index (χ2n) is 7.44. The summed E-state index contributed by atoms with van der Waals surface area (Å²) in [6, 6.07) is 8.35. The second kappa shape index (κ2) is 8.00. The molecule has 1 aromatic carbocycles. The molecule has 0 saturated heterocycles. The predicted molar refractivity (Wildman–Crippen MR) is 105 cm³/mol. The van der Waals surface area contributed by atoms with Crippen molar-refractivity contribution in [1.29, 1.82) is 0 Å². The van der Waals surface area contributed by atoms with E-state index in [4.69, 9.17) is 4.74 Å². The Morgan fingerprint density at radius 1 is 1.21 bits per heavy atom. The molecule has 1 saturated carbocycles. The predicted octanol–water partition coefficient (Wildman–Crippen LogP) is 3.35. The fourth-order valence-corrected chi connectivity index (χ4v) is 3.59. The molecule has 148 valence electrons. The van der Waals surface area contributed by atoms with Crippen LogP contribution in [0.2, 0.25) is 0 Å². The van der Waals surface area contributed by atoms with Gasteiger partial charge in [-0.05, 0) is 37.8 Å². The molecule has 1 heterocycles. The normalized spacial score (nSPS) is 13.3. The second-order valence-corrected chi connectivity index (χ2v) is 7.44. The molecular formula is C22H26N2O4. The van der Waals surface area contributed by atoms with Crippen molar-refractivity contribution in [3.63, 3.8) is 0 Å². The largest absolute Gasteiger partial charge is 0.465 e. The van der Waals surface area contributed by atoms with Gasteiger partial charge >= 0.3 is 5.97 Å². The Labute approximate surface area is 164 Å². The Morgan fingerprint density at radius 2 is 1.93 bits per heavy atom. The minimum absolute atomic E-state index is 0.0286. The van der Waals surface area contributed by atoms with Crippen LogP contribution in [0.3, 0.4) is 0 Å². The number of esters is 1. The number of aromatic nitrogens is 1. The van der Waals surface area contributed by atoms with E-state index in [9.17, 15) is 14.4 Å². The van der Waals surface area contributed by atoms with Gasteiger partial charge in [-0.1, -0.05) is 29.8 Å². The number of nitrogens with one attached hydrogen (secondary N) is 1. The lowest BCUT2D eigenvalue weighted by Gasteiger charge is -2.23. The van der Waals surface area contributed by atoms with Crippen molar-refractivity contribution in [3.05, 3.63) is 57.9 Å². The highest BCUT2D eigenvalue weighted by Crippen LogP contribution is 2.30. The number of H-pyrrole nitrogens is 1. The van der Waals surface area contributed by atoms with Gasteiger partial charge in [0.2, 0.25) is 5.91 Å². The monoisotopic (exact) mass is 382 g/mol. The third kappa shape index (κ3) is 4.16. The summed E-state index contributed by atoms with van der Waals surface area (Å²) in [5.41, 5.74) is 3.83. The quantitative estimate of drug-likeness (QED) is 0.588. The van der Waals surface area contributed by atoms with Crippen LogP contribution in [0.1, 0.15) is 63.0 Å². The van der Waals surface area contributed by atoms with Crippen molar-refractivity contribution in [1.82, 2.24) is 9.88 Å². The molecule has 2 aromatic rings. The average Bonchev–Trinajstić information content (AvgIpc) is 3.43. The first kappa shape index (κ1) is 19.9. The van der Waals surface area contributed by atoms with E-state index in [-0.39, 0.29) is 29.7 Å². The summed E-state index contributed by atoms with van der Waals surface area (Å²) in [6.45, 7) is 5.69. The Hall–Kier alpha value is -2.89. The Balaban J connectivity index is 1.87. The molecule has 3 rings (SSSR count). The van der Waals surface area contributed by atoms with E-state index in [2.05, 4.69) is 11.1 Å². The molecule has 0 aliphatic heterocycles. The first-order valence-corrected chi connectivity index (χ1v) is 9.47. The molecule has 6 nitrogen and oxygen atoms in total. The van der Waals surface area contributed by atoms with E-state index >= 15 is 0 Å². The van der Waals surface area contributed by atoms with E-state index in [0.29, 0.717) is 23.5 Å². The maximum atomic E-state index is 13.1. The van der Waals surface area contributed by atoms with E-state index in [1.807, 2.05) is 30.0 Å². The molecule has 0 bridgehead atoms. The number of benzene rings is 1. The number of ketones is 1. The number of aryl methyl sites for hydroxylation is 1. The van der Waals surface area contributed by atoms with E-state index in [0.717, 1.165) is 24.0 Å². The van der Waals surface area contributed by atoms with Gasteiger partial charge in [0, 0.05) is 25.2 Å². The minimum Gasteiger partial charge on any atom is -0.465 e. The molecule has 0 spiro atoms. The zero-order valence-corrected chi connectivity index (χ0v) is 16.8. The summed E-state index contributed by atoms with van der Waals surface area (Å²) in [5.74, 6) is -0.786. The third-order valence-corrected chi connectivity index (χ3v) is 5.14. The number of hydrogen-bond acceptors (Lipinski definition) is 4. The summed E-state index contributed by atoms with van der Waals surface area (Å²) >= 11 is 0. The lowest BCUT2D eigenvalue weighted by molar-refractivity contribution is -0.131. The number of Topliss-reactive ketones (excluding diaryl/α,β-unsaturated/α-hetero) is 1. The number of nitrogens with zero attached hydrogens (tertiary/aromatic N) is 1. The fourth-order valence-electron chi connectivity index (χ4n) is 3.59. The van der Waals surface area contributed by atoms with E-state index in [1.54, 1.807) is 6.92 Å². The van der Waals surface area contributed by atoms with Gasteiger partial charge in [0.25, 0.3) is 0 Å². The number of aromatic amines is 1. The minimum atomic E-state index is -0.541. The number of carbonyl (C=O) groups is 3. The number of ether oxygens (including phenoxy) is 1. The van der Waals surface area contributed by atoms with Crippen molar-refractivity contribution in [3.8, 4) is 0 Å². The van der Waals surface area contributed by atoms with Gasteiger partial charge in [0.1, 0.15) is 0 Å². The van der Waals surface area contributed by atoms with Gasteiger partial charge < -0.3 is 14.6 Å². The lowest BCUT2D eigenvalue weighted by Crippen LogP contribution is -2.34. The van der Waals surface area contributed by atoms with Crippen LogP contribution in [0.15, 0.2) is 24.3 Å². The molecule has 1 fully saturated rings. The van der Waals surface area contributed by atoms with Crippen molar-refractivity contribution in [2.75, 3.05) is 7.11 Å². The Bertz CT molecular complexity index is 925. The maximum absolute atomic E-state index is 13.1. The first-order chi connectivity index (χ1) is 13.3. The van der Waals surface area contributed by atoms with Crippen LogP contribution >= 0.6 is 0 Å². The topological polar surface area (TPSA) is 79.5 Å². The molecule has 0 radical (unpaired) electrons.